The molecule has 0 saturated carbocycles. The van der Waals surface area contributed by atoms with Crippen molar-refractivity contribution in [2.45, 2.75) is 6.92 Å². The lowest BCUT2D eigenvalue weighted by Crippen LogP contribution is -2.51. The number of piperazine rings is 1. The molecule has 0 bridgehead atoms. The molecule has 1 amide bonds. The van der Waals surface area contributed by atoms with Crippen molar-refractivity contribution in [1.29, 1.82) is 0 Å². The Bertz CT molecular complexity index is 520. The van der Waals surface area contributed by atoms with Crippen molar-refractivity contribution < 1.29 is 9.18 Å². The number of carbonyl (C=O) groups is 1. The molecule has 2 heterocycles. The van der Waals surface area contributed by atoms with Crippen LogP contribution in [0.15, 0.2) is 24.3 Å². The van der Waals surface area contributed by atoms with Crippen LogP contribution in [0.3, 0.4) is 0 Å². The van der Waals surface area contributed by atoms with E-state index in [2.05, 4.69) is 12.2 Å². The quantitative estimate of drug-likeness (QED) is 0.899. The van der Waals surface area contributed by atoms with E-state index in [-0.39, 0.29) is 30.0 Å². The molecular formula is C16H23ClFN3O. The Labute approximate surface area is 137 Å². The summed E-state index contributed by atoms with van der Waals surface area (Å²) in [6.45, 7) is 6.58. The number of hydrogen-bond acceptors (Lipinski definition) is 3. The largest absolute Gasteiger partial charge is 0.366 e. The number of para-hydroxylation sites is 1. The molecule has 0 radical (unpaired) electrons. The molecule has 0 unspecified atom stereocenters. The van der Waals surface area contributed by atoms with Crippen molar-refractivity contribution in [2.75, 3.05) is 44.2 Å². The molecule has 1 aromatic rings. The Morgan fingerprint density at radius 3 is 2.45 bits per heavy atom. The summed E-state index contributed by atoms with van der Waals surface area (Å²) in [5.74, 6) is 0.568. The van der Waals surface area contributed by atoms with Crippen molar-refractivity contribution in [3.8, 4) is 0 Å². The molecule has 6 heteroatoms. The molecule has 2 aliphatic rings. The fraction of sp³-hybridized carbons (Fsp3) is 0.562. The lowest BCUT2D eigenvalue weighted by molar-refractivity contribution is -0.136. The van der Waals surface area contributed by atoms with E-state index in [9.17, 15) is 9.18 Å². The lowest BCUT2D eigenvalue weighted by atomic mass is 9.96. The number of nitrogens with one attached hydrogen (secondary N) is 1. The highest BCUT2D eigenvalue weighted by atomic mass is 35.5. The van der Waals surface area contributed by atoms with Crippen LogP contribution in [0.2, 0.25) is 0 Å². The summed E-state index contributed by atoms with van der Waals surface area (Å²) in [6.07, 6.45) is 0. The van der Waals surface area contributed by atoms with Gasteiger partial charge in [-0.1, -0.05) is 19.1 Å². The van der Waals surface area contributed by atoms with Crippen LogP contribution in [0.5, 0.6) is 0 Å². The summed E-state index contributed by atoms with van der Waals surface area (Å²) < 4.78 is 13.8. The fourth-order valence-electron chi connectivity index (χ4n) is 3.25. The van der Waals surface area contributed by atoms with E-state index < -0.39 is 0 Å². The Kier molecular flexibility index (Phi) is 5.64. The molecule has 0 spiro atoms. The average Bonchev–Trinajstić information content (AvgIpc) is 2.93. The minimum absolute atomic E-state index is 0. The third-order valence-electron chi connectivity index (χ3n) is 4.62. The second kappa shape index (κ2) is 7.29. The molecule has 2 atom stereocenters. The molecular weight excluding hydrogens is 305 g/mol. The van der Waals surface area contributed by atoms with E-state index in [0.29, 0.717) is 37.8 Å². The number of amides is 1. The molecule has 2 saturated heterocycles. The molecule has 2 fully saturated rings. The van der Waals surface area contributed by atoms with E-state index in [1.165, 1.54) is 6.07 Å². The van der Waals surface area contributed by atoms with Gasteiger partial charge in [0.25, 0.3) is 0 Å². The molecule has 0 aromatic heterocycles. The lowest BCUT2D eigenvalue weighted by Gasteiger charge is -2.37. The highest BCUT2D eigenvalue weighted by Crippen LogP contribution is 2.23. The van der Waals surface area contributed by atoms with E-state index in [1.54, 1.807) is 12.1 Å². The second-order valence-electron chi connectivity index (χ2n) is 6.01. The van der Waals surface area contributed by atoms with Gasteiger partial charge in [0.15, 0.2) is 0 Å². The third kappa shape index (κ3) is 3.36. The van der Waals surface area contributed by atoms with Gasteiger partial charge >= 0.3 is 0 Å². The van der Waals surface area contributed by atoms with Crippen LogP contribution in [0.25, 0.3) is 0 Å². The van der Waals surface area contributed by atoms with Crippen LogP contribution in [-0.4, -0.2) is 50.1 Å². The summed E-state index contributed by atoms with van der Waals surface area (Å²) in [5, 5.41) is 3.28. The third-order valence-corrected chi connectivity index (χ3v) is 4.62. The Balaban J connectivity index is 0.00000176. The first-order valence-corrected chi connectivity index (χ1v) is 7.66. The topological polar surface area (TPSA) is 35.6 Å². The summed E-state index contributed by atoms with van der Waals surface area (Å²) in [7, 11) is 0. The first kappa shape index (κ1) is 17.0. The van der Waals surface area contributed by atoms with Crippen molar-refractivity contribution >= 4 is 24.0 Å². The molecule has 1 N–H and O–H groups in total. The predicted molar refractivity (Wildman–Crippen MR) is 88.0 cm³/mol. The first-order chi connectivity index (χ1) is 10.2. The molecule has 2 aliphatic heterocycles. The van der Waals surface area contributed by atoms with Crippen LogP contribution >= 0.6 is 12.4 Å². The van der Waals surface area contributed by atoms with Gasteiger partial charge in [0.2, 0.25) is 5.91 Å². The summed E-state index contributed by atoms with van der Waals surface area (Å²) in [4.78, 5) is 16.5. The number of benzene rings is 1. The number of rotatable bonds is 2. The van der Waals surface area contributed by atoms with Crippen molar-refractivity contribution in [1.82, 2.24) is 10.2 Å². The minimum Gasteiger partial charge on any atom is -0.366 e. The first-order valence-electron chi connectivity index (χ1n) is 7.66. The van der Waals surface area contributed by atoms with Gasteiger partial charge in [0.1, 0.15) is 5.82 Å². The standard InChI is InChI=1S/C16H22FN3O.ClH/c1-12-10-18-11-13(12)16(21)20-8-6-19(7-9-20)15-5-3-2-4-14(15)17;/h2-5,12-13,18H,6-11H2,1H3;1H/t12-,13-;/m1./s1. The highest BCUT2D eigenvalue weighted by molar-refractivity contribution is 5.85. The SMILES string of the molecule is C[C@@H]1CNC[C@H]1C(=O)N1CCN(c2ccccc2F)CC1.Cl. The smallest absolute Gasteiger partial charge is 0.227 e. The Morgan fingerprint density at radius 2 is 1.86 bits per heavy atom. The van der Waals surface area contributed by atoms with Gasteiger partial charge in [-0.05, 0) is 24.6 Å². The monoisotopic (exact) mass is 327 g/mol. The van der Waals surface area contributed by atoms with Gasteiger partial charge in [-0.15, -0.1) is 12.4 Å². The van der Waals surface area contributed by atoms with E-state index >= 15 is 0 Å². The normalized spacial score (nSPS) is 25.0. The maximum Gasteiger partial charge on any atom is 0.227 e. The number of halogens is 2. The van der Waals surface area contributed by atoms with Crippen molar-refractivity contribution in [3.63, 3.8) is 0 Å². The van der Waals surface area contributed by atoms with E-state index in [1.807, 2.05) is 15.9 Å². The minimum atomic E-state index is -0.189. The Morgan fingerprint density at radius 1 is 1.18 bits per heavy atom. The molecule has 1 aromatic carbocycles. The molecule has 3 rings (SSSR count). The van der Waals surface area contributed by atoms with Gasteiger partial charge in [-0.3, -0.25) is 4.79 Å². The van der Waals surface area contributed by atoms with E-state index in [4.69, 9.17) is 0 Å². The number of nitrogens with zero attached hydrogens (tertiary/aromatic N) is 2. The van der Waals surface area contributed by atoms with Gasteiger partial charge in [-0.2, -0.15) is 0 Å². The maximum absolute atomic E-state index is 13.8. The van der Waals surface area contributed by atoms with Gasteiger partial charge in [0.05, 0.1) is 11.6 Å². The van der Waals surface area contributed by atoms with Crippen molar-refractivity contribution in [3.05, 3.63) is 30.1 Å². The van der Waals surface area contributed by atoms with Gasteiger partial charge in [-0.25, -0.2) is 4.39 Å². The van der Waals surface area contributed by atoms with Crippen molar-refractivity contribution in [2.24, 2.45) is 11.8 Å². The van der Waals surface area contributed by atoms with Gasteiger partial charge < -0.3 is 15.1 Å². The number of hydrogen-bond donors (Lipinski definition) is 1. The predicted octanol–water partition coefficient (Wildman–Crippen LogP) is 1.75. The van der Waals surface area contributed by atoms with Crippen LogP contribution < -0.4 is 10.2 Å². The highest BCUT2D eigenvalue weighted by Gasteiger charge is 2.34. The average molecular weight is 328 g/mol. The summed E-state index contributed by atoms with van der Waals surface area (Å²) >= 11 is 0. The molecule has 0 aliphatic carbocycles. The summed E-state index contributed by atoms with van der Waals surface area (Å²) in [6, 6.07) is 6.84. The fourth-order valence-corrected chi connectivity index (χ4v) is 3.25. The molecule has 122 valence electrons. The van der Waals surface area contributed by atoms with Crippen LogP contribution in [0.1, 0.15) is 6.92 Å². The Hall–Kier alpha value is -1.33. The number of carbonyl (C=O) groups excluding carboxylic acids is 1. The zero-order valence-electron chi connectivity index (χ0n) is 12.8. The molecule has 22 heavy (non-hydrogen) atoms. The maximum atomic E-state index is 13.8. The summed E-state index contributed by atoms with van der Waals surface area (Å²) in [5.41, 5.74) is 0.639. The van der Waals surface area contributed by atoms with Crippen LogP contribution in [0, 0.1) is 17.7 Å². The van der Waals surface area contributed by atoms with E-state index in [0.717, 1.165) is 13.1 Å². The zero-order valence-corrected chi connectivity index (χ0v) is 13.6. The van der Waals surface area contributed by atoms with Crippen LogP contribution in [-0.2, 0) is 4.79 Å². The van der Waals surface area contributed by atoms with Crippen LogP contribution in [0.4, 0.5) is 10.1 Å². The second-order valence-corrected chi connectivity index (χ2v) is 6.01. The zero-order chi connectivity index (χ0) is 14.8. The molecule has 4 nitrogen and oxygen atoms in total. The number of anilines is 1. The van der Waals surface area contributed by atoms with Gasteiger partial charge in [0, 0.05) is 32.7 Å².